The van der Waals surface area contributed by atoms with Crippen molar-refractivity contribution in [3.05, 3.63) is 0 Å². The van der Waals surface area contributed by atoms with Crippen molar-refractivity contribution in [2.45, 2.75) is 97.2 Å². The van der Waals surface area contributed by atoms with E-state index in [4.69, 9.17) is 9.29 Å². The number of hydrogen-bond donors (Lipinski definition) is 3. The SMILES string of the molecule is CCC(C)(CCCC(C)(CC)C(=O)OC(C)CC(O)(C(F)(F)F)C(F)(F)F)C(=O)NCS(=O)(=O)O. The fourth-order valence-electron chi connectivity index (χ4n) is 3.29. The summed E-state index contributed by atoms with van der Waals surface area (Å²) in [6, 6.07) is 0. The van der Waals surface area contributed by atoms with Gasteiger partial charge in [-0.25, -0.2) is 0 Å². The number of carbonyl (C=O) groups excluding carboxylic acids is 2. The first-order valence-electron chi connectivity index (χ1n) is 10.8. The standard InChI is InChI=1S/C20H33F6NO7S/c1-6-16(4,14(28)27-12-35(31,32)33)9-8-10-17(5,7-2)15(29)34-13(3)11-18(30,19(21,22)23)20(24,25)26/h13,30H,6-12H2,1-5H3,(H,27,28)(H,31,32,33). The Morgan fingerprint density at radius 3 is 1.74 bits per heavy atom. The van der Waals surface area contributed by atoms with Gasteiger partial charge in [-0.05, 0) is 39.5 Å². The molecule has 3 unspecified atom stereocenters. The summed E-state index contributed by atoms with van der Waals surface area (Å²) in [4.78, 5) is 25.0. The number of halogens is 6. The third-order valence-corrected chi connectivity index (χ3v) is 6.81. The van der Waals surface area contributed by atoms with Crippen molar-refractivity contribution >= 4 is 22.0 Å². The van der Waals surface area contributed by atoms with E-state index < -0.39 is 69.2 Å². The van der Waals surface area contributed by atoms with Gasteiger partial charge in [-0.2, -0.15) is 34.8 Å². The lowest BCUT2D eigenvalue weighted by Gasteiger charge is -2.35. The average molecular weight is 546 g/mol. The Morgan fingerprint density at radius 2 is 1.37 bits per heavy atom. The van der Waals surface area contributed by atoms with E-state index in [1.54, 1.807) is 13.8 Å². The molecule has 0 saturated heterocycles. The molecule has 0 radical (unpaired) electrons. The quantitative estimate of drug-likeness (QED) is 0.180. The van der Waals surface area contributed by atoms with Crippen molar-refractivity contribution in [2.24, 2.45) is 10.8 Å². The minimum atomic E-state index is -6.04. The number of rotatable bonds is 13. The molecule has 0 rings (SSSR count). The van der Waals surface area contributed by atoms with Gasteiger partial charge >= 0.3 is 18.3 Å². The monoisotopic (exact) mass is 545 g/mol. The second-order valence-electron chi connectivity index (χ2n) is 9.19. The van der Waals surface area contributed by atoms with E-state index in [0.29, 0.717) is 0 Å². The number of hydrogen-bond acceptors (Lipinski definition) is 6. The minimum Gasteiger partial charge on any atom is -0.462 e. The van der Waals surface area contributed by atoms with Gasteiger partial charge in [-0.15, -0.1) is 0 Å². The fraction of sp³-hybridized carbons (Fsp3) is 0.900. The van der Waals surface area contributed by atoms with Crippen LogP contribution in [-0.2, 0) is 24.4 Å². The van der Waals surface area contributed by atoms with Crippen LogP contribution in [0.2, 0.25) is 0 Å². The van der Waals surface area contributed by atoms with Crippen molar-refractivity contribution in [3.8, 4) is 0 Å². The third-order valence-electron chi connectivity index (χ3n) is 6.30. The molecule has 1 amide bonds. The molecule has 0 aromatic rings. The van der Waals surface area contributed by atoms with Crippen molar-refractivity contribution in [2.75, 3.05) is 5.88 Å². The zero-order valence-electron chi connectivity index (χ0n) is 20.1. The lowest BCUT2D eigenvalue weighted by molar-refractivity contribution is -0.373. The molecule has 0 heterocycles. The number of carbonyl (C=O) groups is 2. The molecule has 0 spiro atoms. The number of aliphatic hydroxyl groups is 1. The summed E-state index contributed by atoms with van der Waals surface area (Å²) >= 11 is 0. The predicted molar refractivity (Wildman–Crippen MR) is 112 cm³/mol. The molecule has 3 N–H and O–H groups in total. The van der Waals surface area contributed by atoms with Crippen LogP contribution in [0.4, 0.5) is 26.3 Å². The lowest BCUT2D eigenvalue weighted by Crippen LogP contribution is -2.58. The summed E-state index contributed by atoms with van der Waals surface area (Å²) in [6.45, 7) is 6.97. The highest BCUT2D eigenvalue weighted by Crippen LogP contribution is 2.46. The van der Waals surface area contributed by atoms with Crippen LogP contribution in [0.25, 0.3) is 0 Å². The van der Waals surface area contributed by atoms with Gasteiger partial charge in [-0.1, -0.05) is 27.2 Å². The molecule has 15 heteroatoms. The van der Waals surface area contributed by atoms with E-state index >= 15 is 0 Å². The van der Waals surface area contributed by atoms with Gasteiger partial charge in [0, 0.05) is 11.8 Å². The molecule has 3 atom stereocenters. The summed E-state index contributed by atoms with van der Waals surface area (Å²) < 4.78 is 113. The molecule has 0 aliphatic carbocycles. The van der Waals surface area contributed by atoms with Gasteiger partial charge in [0.15, 0.2) is 0 Å². The van der Waals surface area contributed by atoms with E-state index in [1.807, 2.05) is 0 Å². The number of esters is 1. The lowest BCUT2D eigenvalue weighted by atomic mass is 9.76. The molecular weight excluding hydrogens is 512 g/mol. The largest absolute Gasteiger partial charge is 0.462 e. The molecule has 208 valence electrons. The van der Waals surface area contributed by atoms with E-state index in [0.717, 1.165) is 6.92 Å². The summed E-state index contributed by atoms with van der Waals surface area (Å²) in [7, 11) is -4.44. The van der Waals surface area contributed by atoms with Gasteiger partial charge in [0.05, 0.1) is 5.41 Å². The molecule has 8 nitrogen and oxygen atoms in total. The summed E-state index contributed by atoms with van der Waals surface area (Å²) in [5.74, 6) is -2.71. The zero-order chi connectivity index (χ0) is 28.1. The van der Waals surface area contributed by atoms with E-state index in [9.17, 15) is 49.5 Å². The highest BCUT2D eigenvalue weighted by molar-refractivity contribution is 7.85. The topological polar surface area (TPSA) is 130 Å². The third kappa shape index (κ3) is 9.08. The van der Waals surface area contributed by atoms with E-state index in [2.05, 4.69) is 5.32 Å². The highest BCUT2D eigenvalue weighted by atomic mass is 32.2. The Labute approximate surface area is 200 Å². The predicted octanol–water partition coefficient (Wildman–Crippen LogP) is 4.13. The summed E-state index contributed by atoms with van der Waals surface area (Å²) in [6.07, 6.45) is -15.2. The maximum Gasteiger partial charge on any atom is 0.426 e. The Balaban J connectivity index is 5.30. The van der Waals surface area contributed by atoms with E-state index in [1.165, 1.54) is 13.8 Å². The first kappa shape index (κ1) is 33.4. The molecule has 0 bridgehead atoms. The second kappa shape index (κ2) is 11.6. The molecule has 0 aliphatic heterocycles. The number of alkyl halides is 6. The summed E-state index contributed by atoms with van der Waals surface area (Å²) in [5.41, 5.74) is -7.45. The smallest absolute Gasteiger partial charge is 0.426 e. The van der Waals surface area contributed by atoms with Crippen LogP contribution < -0.4 is 5.32 Å². The highest BCUT2D eigenvalue weighted by Gasteiger charge is 2.70. The van der Waals surface area contributed by atoms with Crippen LogP contribution in [0, 0.1) is 10.8 Å². The number of ether oxygens (including phenoxy) is 1. The maximum absolute atomic E-state index is 12.9. The van der Waals surface area contributed by atoms with Crippen molar-refractivity contribution in [1.29, 1.82) is 0 Å². The average Bonchev–Trinajstić information content (AvgIpc) is 2.68. The van der Waals surface area contributed by atoms with Crippen LogP contribution in [-0.4, -0.2) is 59.9 Å². The van der Waals surface area contributed by atoms with Crippen molar-refractivity contribution in [3.63, 3.8) is 0 Å². The Morgan fingerprint density at radius 1 is 0.943 bits per heavy atom. The van der Waals surface area contributed by atoms with Crippen LogP contribution in [0.1, 0.15) is 73.1 Å². The zero-order valence-corrected chi connectivity index (χ0v) is 21.0. The van der Waals surface area contributed by atoms with Gasteiger partial charge in [0.25, 0.3) is 15.7 Å². The molecular formula is C20H33F6NO7S. The maximum atomic E-state index is 12.9. The molecule has 0 aromatic heterocycles. The minimum absolute atomic E-state index is 0.0546. The molecule has 35 heavy (non-hydrogen) atoms. The number of amides is 1. The Hall–Kier alpha value is -1.61. The van der Waals surface area contributed by atoms with Crippen molar-refractivity contribution < 1.29 is 58.7 Å². The Kier molecular flexibility index (Phi) is 11.1. The van der Waals surface area contributed by atoms with Crippen LogP contribution in [0.5, 0.6) is 0 Å². The van der Waals surface area contributed by atoms with Gasteiger partial charge in [-0.3, -0.25) is 14.1 Å². The van der Waals surface area contributed by atoms with E-state index in [-0.39, 0.29) is 32.1 Å². The van der Waals surface area contributed by atoms with Gasteiger partial charge < -0.3 is 15.2 Å². The van der Waals surface area contributed by atoms with Gasteiger partial charge in [0.2, 0.25) is 5.91 Å². The normalized spacial score (nSPS) is 17.7. The second-order valence-corrected chi connectivity index (χ2v) is 10.6. The van der Waals surface area contributed by atoms with Crippen molar-refractivity contribution in [1.82, 2.24) is 5.32 Å². The number of nitrogens with one attached hydrogen (secondary N) is 1. The van der Waals surface area contributed by atoms with Gasteiger partial charge in [0.1, 0.15) is 12.0 Å². The van der Waals surface area contributed by atoms with Crippen LogP contribution in [0.3, 0.4) is 0 Å². The fourth-order valence-corrected chi connectivity index (χ4v) is 3.60. The molecule has 0 fully saturated rings. The summed E-state index contributed by atoms with van der Waals surface area (Å²) in [5, 5.41) is 11.4. The van der Waals surface area contributed by atoms with Crippen LogP contribution in [0.15, 0.2) is 0 Å². The Bertz CT molecular complexity index is 832. The first-order valence-corrected chi connectivity index (χ1v) is 12.4. The molecule has 0 saturated carbocycles. The molecule has 0 aliphatic rings. The van der Waals surface area contributed by atoms with Crippen LogP contribution >= 0.6 is 0 Å². The molecule has 0 aromatic carbocycles. The first-order chi connectivity index (χ1) is 15.5.